The molecule has 1 aliphatic heterocycles. The van der Waals surface area contributed by atoms with Gasteiger partial charge in [-0.05, 0) is 57.3 Å². The lowest BCUT2D eigenvalue weighted by Crippen LogP contribution is -2.28. The second-order valence-corrected chi connectivity index (χ2v) is 4.17. The maximum absolute atomic E-state index is 4.55. The van der Waals surface area contributed by atoms with Gasteiger partial charge in [-0.25, -0.2) is 0 Å². The SMILES string of the molecule is Cc1cccc(CC2CCNCC2)n1.Cl.Cl. The fraction of sp³-hybridized carbons (Fsp3) is 0.583. The molecule has 0 aromatic carbocycles. The van der Waals surface area contributed by atoms with E-state index in [0.717, 1.165) is 18.0 Å². The third-order valence-corrected chi connectivity index (χ3v) is 2.90. The molecule has 0 amide bonds. The van der Waals surface area contributed by atoms with Crippen LogP contribution in [0.1, 0.15) is 24.2 Å². The highest BCUT2D eigenvalue weighted by atomic mass is 35.5. The predicted molar refractivity (Wildman–Crippen MR) is 72.8 cm³/mol. The number of nitrogens with zero attached hydrogens (tertiary/aromatic N) is 1. The van der Waals surface area contributed by atoms with Crippen molar-refractivity contribution >= 4 is 24.8 Å². The van der Waals surface area contributed by atoms with Gasteiger partial charge < -0.3 is 5.32 Å². The van der Waals surface area contributed by atoms with Crippen LogP contribution >= 0.6 is 24.8 Å². The molecule has 4 heteroatoms. The third-order valence-electron chi connectivity index (χ3n) is 2.90. The summed E-state index contributed by atoms with van der Waals surface area (Å²) in [5.41, 5.74) is 2.40. The van der Waals surface area contributed by atoms with E-state index in [1.54, 1.807) is 0 Å². The number of rotatable bonds is 2. The summed E-state index contributed by atoms with van der Waals surface area (Å²) in [6.07, 6.45) is 3.76. The van der Waals surface area contributed by atoms with Crippen molar-refractivity contribution in [2.24, 2.45) is 5.92 Å². The van der Waals surface area contributed by atoms with Crippen molar-refractivity contribution in [1.29, 1.82) is 0 Å². The first-order valence-electron chi connectivity index (χ1n) is 5.48. The van der Waals surface area contributed by atoms with Crippen molar-refractivity contribution in [3.63, 3.8) is 0 Å². The van der Waals surface area contributed by atoms with Crippen LogP contribution in [0.5, 0.6) is 0 Å². The molecule has 2 nitrogen and oxygen atoms in total. The van der Waals surface area contributed by atoms with Gasteiger partial charge in [-0.1, -0.05) is 6.07 Å². The molecule has 1 N–H and O–H groups in total. The molecule has 0 saturated carbocycles. The van der Waals surface area contributed by atoms with E-state index in [-0.39, 0.29) is 24.8 Å². The molecule has 1 fully saturated rings. The molecule has 0 radical (unpaired) electrons. The monoisotopic (exact) mass is 262 g/mol. The Balaban J connectivity index is 0.00000112. The normalized spacial score (nSPS) is 16.1. The van der Waals surface area contributed by atoms with Crippen molar-refractivity contribution in [1.82, 2.24) is 10.3 Å². The Labute approximate surface area is 110 Å². The fourth-order valence-electron chi connectivity index (χ4n) is 2.09. The number of hydrogen-bond acceptors (Lipinski definition) is 2. The highest BCUT2D eigenvalue weighted by Crippen LogP contribution is 2.16. The van der Waals surface area contributed by atoms with Crippen LogP contribution in [0.15, 0.2) is 18.2 Å². The molecule has 0 atom stereocenters. The van der Waals surface area contributed by atoms with Crippen LogP contribution in [0.25, 0.3) is 0 Å². The average molecular weight is 263 g/mol. The van der Waals surface area contributed by atoms with Crippen molar-refractivity contribution in [2.75, 3.05) is 13.1 Å². The molecule has 0 unspecified atom stereocenters. The van der Waals surface area contributed by atoms with E-state index in [9.17, 15) is 0 Å². The molecular formula is C12H20Cl2N2. The lowest BCUT2D eigenvalue weighted by atomic mass is 9.93. The van der Waals surface area contributed by atoms with Gasteiger partial charge in [-0.2, -0.15) is 0 Å². The molecule has 1 aromatic rings. The van der Waals surface area contributed by atoms with Crippen molar-refractivity contribution in [3.8, 4) is 0 Å². The molecule has 1 aromatic heterocycles. The zero-order valence-electron chi connectivity index (χ0n) is 9.61. The molecule has 2 heterocycles. The van der Waals surface area contributed by atoms with Crippen LogP contribution in [-0.2, 0) is 6.42 Å². The minimum atomic E-state index is 0. The number of halogens is 2. The highest BCUT2D eigenvalue weighted by molar-refractivity contribution is 5.85. The van der Waals surface area contributed by atoms with E-state index in [1.165, 1.54) is 31.6 Å². The van der Waals surface area contributed by atoms with Gasteiger partial charge in [0.25, 0.3) is 0 Å². The summed E-state index contributed by atoms with van der Waals surface area (Å²) in [4.78, 5) is 4.55. The fourth-order valence-corrected chi connectivity index (χ4v) is 2.09. The van der Waals surface area contributed by atoms with Gasteiger partial charge in [0.05, 0.1) is 0 Å². The number of aromatic nitrogens is 1. The first-order valence-corrected chi connectivity index (χ1v) is 5.48. The van der Waals surface area contributed by atoms with Gasteiger partial charge in [-0.15, -0.1) is 24.8 Å². The van der Waals surface area contributed by atoms with Gasteiger partial charge in [0, 0.05) is 11.4 Å². The van der Waals surface area contributed by atoms with E-state index in [4.69, 9.17) is 0 Å². The molecule has 2 rings (SSSR count). The standard InChI is InChI=1S/C12H18N2.2ClH/c1-10-3-2-4-12(14-10)9-11-5-7-13-8-6-11;;/h2-4,11,13H,5-9H2,1H3;2*1H. The summed E-state index contributed by atoms with van der Waals surface area (Å²) >= 11 is 0. The summed E-state index contributed by atoms with van der Waals surface area (Å²) in [6, 6.07) is 6.32. The average Bonchev–Trinajstić information content (AvgIpc) is 2.19. The highest BCUT2D eigenvalue weighted by Gasteiger charge is 2.13. The first kappa shape index (κ1) is 15.7. The minimum Gasteiger partial charge on any atom is -0.317 e. The number of aryl methyl sites for hydroxylation is 1. The molecule has 1 saturated heterocycles. The smallest absolute Gasteiger partial charge is 0.0409 e. The topological polar surface area (TPSA) is 24.9 Å². The zero-order chi connectivity index (χ0) is 9.80. The maximum Gasteiger partial charge on any atom is 0.0409 e. The number of hydrogen-bond donors (Lipinski definition) is 1. The third kappa shape index (κ3) is 4.69. The lowest BCUT2D eigenvalue weighted by Gasteiger charge is -2.22. The van der Waals surface area contributed by atoms with Gasteiger partial charge in [-0.3, -0.25) is 4.98 Å². The summed E-state index contributed by atoms with van der Waals surface area (Å²) in [5, 5.41) is 3.39. The van der Waals surface area contributed by atoms with E-state index >= 15 is 0 Å². The van der Waals surface area contributed by atoms with E-state index in [2.05, 4.69) is 35.4 Å². The van der Waals surface area contributed by atoms with E-state index in [0.29, 0.717) is 0 Å². The number of nitrogens with one attached hydrogen (secondary N) is 1. The van der Waals surface area contributed by atoms with Crippen LogP contribution < -0.4 is 5.32 Å². The quantitative estimate of drug-likeness (QED) is 0.887. The van der Waals surface area contributed by atoms with Crippen molar-refractivity contribution < 1.29 is 0 Å². The Morgan fingerprint density at radius 2 is 1.94 bits per heavy atom. The van der Waals surface area contributed by atoms with Crippen molar-refractivity contribution in [2.45, 2.75) is 26.2 Å². The van der Waals surface area contributed by atoms with E-state index in [1.807, 2.05) is 0 Å². The number of piperidine rings is 1. The van der Waals surface area contributed by atoms with Crippen LogP contribution in [0, 0.1) is 12.8 Å². The second-order valence-electron chi connectivity index (χ2n) is 4.17. The Kier molecular flexibility index (Phi) is 7.73. The second kappa shape index (κ2) is 7.88. The lowest BCUT2D eigenvalue weighted by molar-refractivity contribution is 0.370. The van der Waals surface area contributed by atoms with Gasteiger partial charge in [0.15, 0.2) is 0 Å². The van der Waals surface area contributed by atoms with Crippen LogP contribution in [0.4, 0.5) is 0 Å². The van der Waals surface area contributed by atoms with Crippen molar-refractivity contribution in [3.05, 3.63) is 29.6 Å². The van der Waals surface area contributed by atoms with Gasteiger partial charge in [0.1, 0.15) is 0 Å². The van der Waals surface area contributed by atoms with E-state index < -0.39 is 0 Å². The summed E-state index contributed by atoms with van der Waals surface area (Å²) in [7, 11) is 0. The molecule has 92 valence electrons. The molecule has 1 aliphatic rings. The van der Waals surface area contributed by atoms with Gasteiger partial charge >= 0.3 is 0 Å². The summed E-state index contributed by atoms with van der Waals surface area (Å²) in [5.74, 6) is 0.838. The summed E-state index contributed by atoms with van der Waals surface area (Å²) in [6.45, 7) is 4.42. The van der Waals surface area contributed by atoms with Crippen LogP contribution in [0.2, 0.25) is 0 Å². The molecule has 16 heavy (non-hydrogen) atoms. The maximum atomic E-state index is 4.55. The van der Waals surface area contributed by atoms with Crippen LogP contribution in [0.3, 0.4) is 0 Å². The predicted octanol–water partition coefficient (Wildman–Crippen LogP) is 2.78. The molecule has 0 aliphatic carbocycles. The Morgan fingerprint density at radius 3 is 2.56 bits per heavy atom. The Morgan fingerprint density at radius 1 is 1.25 bits per heavy atom. The minimum absolute atomic E-state index is 0. The first-order chi connectivity index (χ1) is 6.84. The summed E-state index contributed by atoms with van der Waals surface area (Å²) < 4.78 is 0. The molecule has 0 spiro atoms. The van der Waals surface area contributed by atoms with Crippen LogP contribution in [-0.4, -0.2) is 18.1 Å². The number of pyridine rings is 1. The largest absolute Gasteiger partial charge is 0.317 e. The van der Waals surface area contributed by atoms with Gasteiger partial charge in [0.2, 0.25) is 0 Å². The molecular weight excluding hydrogens is 243 g/mol. The Bertz CT molecular complexity index is 299. The Hall–Kier alpha value is -0.310. The zero-order valence-corrected chi connectivity index (χ0v) is 11.2. The molecule has 0 bridgehead atoms.